The Kier molecular flexibility index (Phi) is 28.7. The number of amides is 2. The number of anilines is 2. The van der Waals surface area contributed by atoms with E-state index in [0.29, 0.717) is 92.1 Å². The van der Waals surface area contributed by atoms with Gasteiger partial charge in [-0.25, -0.2) is 47.1 Å². The second-order valence-corrected chi connectivity index (χ2v) is 26.7. The molecule has 3 aliphatic rings. The molecule has 0 spiro atoms. The van der Waals surface area contributed by atoms with Crippen LogP contribution in [-0.4, -0.2) is 107 Å². The highest BCUT2D eigenvalue weighted by molar-refractivity contribution is 9.18. The summed E-state index contributed by atoms with van der Waals surface area (Å²) in [7, 11) is 6.34. The van der Waals surface area contributed by atoms with Crippen LogP contribution in [0.4, 0.5) is 35.0 Å². The van der Waals surface area contributed by atoms with Gasteiger partial charge >= 0.3 is 11.4 Å². The van der Waals surface area contributed by atoms with Crippen LogP contribution in [0.15, 0.2) is 135 Å². The number of hydrogen-bond acceptors (Lipinski definition) is 13. The Morgan fingerprint density at radius 1 is 0.510 bits per heavy atom. The molecule has 0 aliphatic carbocycles. The number of alkyl halides is 2. The summed E-state index contributed by atoms with van der Waals surface area (Å²) in [6, 6.07) is 24.5. The normalized spacial score (nSPS) is 14.3. The number of aromatic amines is 2. The molecular formula is C66H67Br6F4N13O9. The van der Waals surface area contributed by atoms with Gasteiger partial charge in [0.1, 0.15) is 52.3 Å². The number of aliphatic imine (C=N–C) groups is 1. The number of nitrogens with one attached hydrogen (secondary N) is 2. The Hall–Kier alpha value is -7.36. The minimum absolute atomic E-state index is 0.0772. The van der Waals surface area contributed by atoms with Crippen LogP contribution < -0.4 is 32.3 Å². The molecule has 12 rings (SSSR count). The number of unbranched alkanes of at least 4 members (excludes halogenated alkanes) is 2. The number of imidazole rings is 3. The number of aliphatic hydroxyl groups excluding tert-OH is 1. The highest BCUT2D eigenvalue weighted by Gasteiger charge is 2.43. The van der Waals surface area contributed by atoms with Gasteiger partial charge in [-0.3, -0.25) is 57.7 Å². The quantitative estimate of drug-likeness (QED) is 0.0374. The molecule has 0 fully saturated rings. The fourth-order valence-corrected chi connectivity index (χ4v) is 12.9. The van der Waals surface area contributed by atoms with Crippen molar-refractivity contribution in [3.05, 3.63) is 215 Å². The molecule has 3 N–H and O–H groups in total. The summed E-state index contributed by atoms with van der Waals surface area (Å²) >= 11 is 19.8. The van der Waals surface area contributed by atoms with E-state index in [1.165, 1.54) is 87.4 Å². The average molecular weight is 1740 g/mol. The number of carbonyl (C=O) groups excluding carboxylic acids is 4. The molecule has 0 saturated carbocycles. The minimum atomic E-state index is -0.819. The number of aliphatic hydroxyl groups is 1. The summed E-state index contributed by atoms with van der Waals surface area (Å²) in [5, 5.41) is 11.0. The average Bonchev–Trinajstić information content (AvgIpc) is 1.59. The fraction of sp³-hybridized carbons (Fsp3) is 0.333. The molecule has 9 aromatic rings. The van der Waals surface area contributed by atoms with Gasteiger partial charge in [-0.2, -0.15) is 0 Å². The first-order valence-corrected chi connectivity index (χ1v) is 35.9. The van der Waals surface area contributed by atoms with Crippen molar-refractivity contribution in [2.75, 3.05) is 35.8 Å². The number of benzene rings is 4. The van der Waals surface area contributed by atoms with Gasteiger partial charge in [0, 0.05) is 51.9 Å². The summed E-state index contributed by atoms with van der Waals surface area (Å²) in [6.07, 6.45) is 6.00. The van der Waals surface area contributed by atoms with Gasteiger partial charge in [0.2, 0.25) is 11.8 Å². The third-order valence-electron chi connectivity index (χ3n) is 15.5. The topological polar surface area (TPSA) is 271 Å². The molecule has 0 bridgehead atoms. The lowest BCUT2D eigenvalue weighted by molar-refractivity contribution is -0.122. The van der Waals surface area contributed by atoms with E-state index >= 15 is 0 Å². The largest absolute Gasteiger partial charge is 0.396 e. The first-order valence-electron chi connectivity index (χ1n) is 30.4. The van der Waals surface area contributed by atoms with Crippen LogP contribution in [0.3, 0.4) is 0 Å². The van der Waals surface area contributed by atoms with Gasteiger partial charge in [-0.05, 0) is 160 Å². The predicted molar refractivity (Wildman–Crippen MR) is 388 cm³/mol. The van der Waals surface area contributed by atoms with Crippen molar-refractivity contribution >= 4 is 152 Å². The van der Waals surface area contributed by atoms with E-state index in [4.69, 9.17) is 5.11 Å². The number of Topliss-reactive ketones (excluding diaryl/α,β-unsaturated/α-hetero) is 2. The van der Waals surface area contributed by atoms with E-state index in [0.717, 1.165) is 45.8 Å². The van der Waals surface area contributed by atoms with Crippen LogP contribution in [0.1, 0.15) is 108 Å². The van der Waals surface area contributed by atoms with Crippen molar-refractivity contribution in [2.24, 2.45) is 30.9 Å². The molecular weight excluding hydrogens is 1670 g/mol. The summed E-state index contributed by atoms with van der Waals surface area (Å²) in [4.78, 5) is 121. The standard InChI is InChI=1S/C18H19BrFN3O2.C17H17BrFN3O3.C13H10BrFN4O2.C7H6BrF.C7H6BrN3O2.C4H9Br/c1-3-4-5-13-15(24)14-16(22(2)17(13)25)21-18(19)23(14)10-11-6-8-12(20)9-7-11;1-21-15-13(14(24)12(16(21)25)3-2-8-23)22(17(18)20-15)9-10-4-6-11(19)7-5-10;1-18-10-9(11(20)17-13(18)21)19(12(14)16-10)6-7-2-4-8(15)5-3-7;8-5-6-1-3-7(9)4-2-6;1-11-5-3(2-4(8)9-5)6(12)10-7(11)13;1-2-3-4-5/h6-9,13H,3-5,10H2,1-2H3;4-7,12,23H,2-3,8-9H2,1H3;2-5H,6H2,1H3,(H,17,20,21);1-4H,5H2;2H2,1H3,(H,10,12,13);2-4H2,1H3. The molecule has 0 saturated heterocycles. The van der Waals surface area contributed by atoms with E-state index < -0.39 is 28.8 Å². The van der Waals surface area contributed by atoms with Crippen LogP contribution in [0.5, 0.6) is 0 Å². The van der Waals surface area contributed by atoms with Crippen LogP contribution in [-0.2, 0) is 55.1 Å². The Morgan fingerprint density at radius 2 is 0.898 bits per heavy atom. The third kappa shape index (κ3) is 19.1. The highest BCUT2D eigenvalue weighted by Crippen LogP contribution is 2.36. The zero-order valence-corrected chi connectivity index (χ0v) is 63.2. The molecule has 2 unspecified atom stereocenters. The molecule has 3 aliphatic heterocycles. The van der Waals surface area contributed by atoms with E-state index in [2.05, 4.69) is 132 Å². The van der Waals surface area contributed by atoms with Crippen LogP contribution in [0.2, 0.25) is 0 Å². The number of fused-ring (bicyclic) bond motifs is 4. The number of halogens is 10. The molecule has 8 heterocycles. The van der Waals surface area contributed by atoms with Crippen molar-refractivity contribution in [1.29, 1.82) is 0 Å². The number of rotatable bonds is 15. The zero-order valence-electron chi connectivity index (χ0n) is 53.7. The third-order valence-corrected chi connectivity index (χ3v) is 19.0. The van der Waals surface area contributed by atoms with Gasteiger partial charge in [0.15, 0.2) is 48.6 Å². The molecule has 4 aromatic carbocycles. The van der Waals surface area contributed by atoms with E-state index in [9.17, 15) is 55.9 Å². The fourth-order valence-electron chi connectivity index (χ4n) is 10.1. The summed E-state index contributed by atoms with van der Waals surface area (Å²) < 4.78 is 61.0. The summed E-state index contributed by atoms with van der Waals surface area (Å²) in [5.74, 6) is -2.51. The van der Waals surface area contributed by atoms with Crippen molar-refractivity contribution in [3.8, 4) is 0 Å². The molecule has 0 radical (unpaired) electrons. The summed E-state index contributed by atoms with van der Waals surface area (Å²) in [5.41, 5.74) is 3.63. The smallest absolute Gasteiger partial charge is 0.329 e. The second kappa shape index (κ2) is 36.1. The number of hydrogen-bond donors (Lipinski definition) is 3. The number of ketones is 2. The summed E-state index contributed by atoms with van der Waals surface area (Å²) in [6.45, 7) is 5.16. The maximum Gasteiger partial charge on any atom is 0.329 e. The van der Waals surface area contributed by atoms with Crippen molar-refractivity contribution < 1.29 is 41.8 Å². The lowest BCUT2D eigenvalue weighted by atomic mass is 9.91. The van der Waals surface area contributed by atoms with Crippen LogP contribution in [0, 0.1) is 35.1 Å². The van der Waals surface area contributed by atoms with E-state index in [1.807, 2.05) is 6.92 Å². The van der Waals surface area contributed by atoms with Gasteiger partial charge in [-0.1, -0.05) is 114 Å². The molecule has 2 atom stereocenters. The van der Waals surface area contributed by atoms with E-state index in [1.54, 1.807) is 83.4 Å². The maximum absolute atomic E-state index is 13.1. The van der Waals surface area contributed by atoms with Gasteiger partial charge < -0.3 is 18.8 Å². The molecule has 2 amide bonds. The van der Waals surface area contributed by atoms with Gasteiger partial charge in [0.05, 0.1) is 29.8 Å². The molecule has 32 heteroatoms. The first-order chi connectivity index (χ1) is 46.7. The Labute approximate surface area is 609 Å². The number of H-pyrrole nitrogens is 2. The molecule has 520 valence electrons. The van der Waals surface area contributed by atoms with Crippen molar-refractivity contribution in [3.63, 3.8) is 0 Å². The highest BCUT2D eigenvalue weighted by atomic mass is 79.9. The zero-order chi connectivity index (χ0) is 71.8. The Balaban J connectivity index is 0.000000175. The number of nitrogens with zero attached hydrogens (tertiary/aromatic N) is 11. The first kappa shape index (κ1) is 78.0. The lowest BCUT2D eigenvalue weighted by Gasteiger charge is -2.28. The molecule has 98 heavy (non-hydrogen) atoms. The van der Waals surface area contributed by atoms with Gasteiger partial charge in [0.25, 0.3) is 11.1 Å². The molecule has 5 aromatic heterocycles. The minimum Gasteiger partial charge on any atom is -0.396 e. The monoisotopic (exact) mass is 1740 g/mol. The van der Waals surface area contributed by atoms with Crippen molar-refractivity contribution in [1.82, 2.24) is 47.8 Å². The number of aryl methyl sites for hydroxylation is 1. The lowest BCUT2D eigenvalue weighted by Crippen LogP contribution is -2.43. The van der Waals surface area contributed by atoms with Crippen LogP contribution >= 0.6 is 95.6 Å². The number of aromatic nitrogens is 10. The van der Waals surface area contributed by atoms with Crippen LogP contribution in [0.25, 0.3) is 11.2 Å². The van der Waals surface area contributed by atoms with Crippen molar-refractivity contribution in [2.45, 2.75) is 90.2 Å². The maximum atomic E-state index is 13.1. The predicted octanol–water partition coefficient (Wildman–Crippen LogP) is 12.5. The van der Waals surface area contributed by atoms with E-state index in [-0.39, 0.29) is 76.4 Å². The molecule has 22 nitrogen and oxygen atoms in total. The Morgan fingerprint density at radius 3 is 1.30 bits per heavy atom. The van der Waals surface area contributed by atoms with Gasteiger partial charge in [-0.15, -0.1) is 0 Å². The number of carbonyl (C=O) groups is 4. The Bertz CT molecular complexity index is 4470. The second-order valence-electron chi connectivity index (χ2n) is 22.3. The SMILES string of the molecule is CCCCBr.CCCCC1C(=O)c2c(nc(Br)n2Cc2ccc(F)cc2)N(C)C1=O.CN1C(=O)C(CCCO)C(=O)c2c1nc(Br)n2Cc1ccc(F)cc1.Cn1c(=O)[nH]c(=O)c2c1nc(Br)n2Cc1ccc(F)cc1.Cn1c2c(c(=O)[nH]c1=O)CC(Br)=N2.Fc1ccc(CBr)cc1.